The SMILES string of the molecule is Cc1ccc(Br)c(C(N)Cc2ncc[nH]2)c1. The molecule has 0 radical (unpaired) electrons. The van der Waals surface area contributed by atoms with E-state index in [-0.39, 0.29) is 6.04 Å². The van der Waals surface area contributed by atoms with Gasteiger partial charge < -0.3 is 10.7 Å². The van der Waals surface area contributed by atoms with Crippen molar-refractivity contribution in [3.05, 3.63) is 52.0 Å². The average Bonchev–Trinajstić information content (AvgIpc) is 2.74. The molecule has 1 atom stereocenters. The fraction of sp³-hybridized carbons (Fsp3) is 0.250. The summed E-state index contributed by atoms with van der Waals surface area (Å²) < 4.78 is 1.05. The molecule has 3 nitrogen and oxygen atoms in total. The van der Waals surface area contributed by atoms with Gasteiger partial charge in [0.05, 0.1) is 0 Å². The van der Waals surface area contributed by atoms with Crippen LogP contribution in [0.3, 0.4) is 0 Å². The highest BCUT2D eigenvalue weighted by Gasteiger charge is 2.11. The lowest BCUT2D eigenvalue weighted by Crippen LogP contribution is -2.15. The Morgan fingerprint density at radius 1 is 1.50 bits per heavy atom. The van der Waals surface area contributed by atoms with E-state index in [4.69, 9.17) is 5.73 Å². The molecule has 0 aliphatic heterocycles. The van der Waals surface area contributed by atoms with Crippen molar-refractivity contribution in [1.82, 2.24) is 9.97 Å². The van der Waals surface area contributed by atoms with Gasteiger partial charge in [-0.25, -0.2) is 4.98 Å². The molecule has 0 saturated heterocycles. The highest BCUT2D eigenvalue weighted by molar-refractivity contribution is 9.10. The molecule has 0 amide bonds. The Kier molecular flexibility index (Phi) is 3.41. The summed E-state index contributed by atoms with van der Waals surface area (Å²) in [6.45, 7) is 2.07. The first-order chi connectivity index (χ1) is 7.66. The van der Waals surface area contributed by atoms with Crippen LogP contribution >= 0.6 is 15.9 Å². The van der Waals surface area contributed by atoms with Gasteiger partial charge in [0, 0.05) is 29.3 Å². The van der Waals surface area contributed by atoms with Gasteiger partial charge in [-0.3, -0.25) is 0 Å². The van der Waals surface area contributed by atoms with Crippen LogP contribution in [0.25, 0.3) is 0 Å². The minimum atomic E-state index is -0.0413. The minimum absolute atomic E-state index is 0.0413. The molecule has 1 heterocycles. The van der Waals surface area contributed by atoms with Crippen molar-refractivity contribution >= 4 is 15.9 Å². The van der Waals surface area contributed by atoms with Crippen molar-refractivity contribution in [3.8, 4) is 0 Å². The molecule has 0 aliphatic carbocycles. The molecule has 16 heavy (non-hydrogen) atoms. The van der Waals surface area contributed by atoms with E-state index in [1.807, 2.05) is 12.3 Å². The van der Waals surface area contributed by atoms with Gasteiger partial charge in [-0.1, -0.05) is 33.6 Å². The molecule has 84 valence electrons. The van der Waals surface area contributed by atoms with Gasteiger partial charge in [-0.05, 0) is 18.6 Å². The molecule has 1 unspecified atom stereocenters. The van der Waals surface area contributed by atoms with E-state index in [0.29, 0.717) is 0 Å². The van der Waals surface area contributed by atoms with Crippen LogP contribution in [0.15, 0.2) is 35.1 Å². The van der Waals surface area contributed by atoms with E-state index in [1.165, 1.54) is 5.56 Å². The second kappa shape index (κ2) is 4.80. The first-order valence-electron chi connectivity index (χ1n) is 5.16. The number of hydrogen-bond acceptors (Lipinski definition) is 2. The van der Waals surface area contributed by atoms with Gasteiger partial charge >= 0.3 is 0 Å². The Hall–Kier alpha value is -1.13. The van der Waals surface area contributed by atoms with Crippen LogP contribution in [0.2, 0.25) is 0 Å². The second-order valence-corrected chi connectivity index (χ2v) is 4.73. The lowest BCUT2D eigenvalue weighted by atomic mass is 10.0. The zero-order valence-corrected chi connectivity index (χ0v) is 10.7. The molecule has 1 aromatic heterocycles. The molecule has 3 N–H and O–H groups in total. The first-order valence-corrected chi connectivity index (χ1v) is 5.96. The topological polar surface area (TPSA) is 54.7 Å². The predicted octanol–water partition coefficient (Wildman–Crippen LogP) is 2.72. The molecule has 0 spiro atoms. The molecule has 2 aromatic rings. The lowest BCUT2D eigenvalue weighted by Gasteiger charge is -2.13. The Morgan fingerprint density at radius 2 is 2.31 bits per heavy atom. The van der Waals surface area contributed by atoms with Crippen LogP contribution in [0, 0.1) is 6.92 Å². The number of hydrogen-bond donors (Lipinski definition) is 2. The molecule has 0 fully saturated rings. The third-order valence-electron chi connectivity index (χ3n) is 2.52. The van der Waals surface area contributed by atoms with Gasteiger partial charge in [0.1, 0.15) is 5.82 Å². The number of nitrogens with two attached hydrogens (primary N) is 1. The summed E-state index contributed by atoms with van der Waals surface area (Å²) in [6, 6.07) is 6.16. The number of H-pyrrole nitrogens is 1. The van der Waals surface area contributed by atoms with Gasteiger partial charge in [-0.2, -0.15) is 0 Å². The zero-order chi connectivity index (χ0) is 11.5. The minimum Gasteiger partial charge on any atom is -0.349 e. The molecule has 0 bridgehead atoms. The molecule has 4 heteroatoms. The van der Waals surface area contributed by atoms with E-state index in [9.17, 15) is 0 Å². The lowest BCUT2D eigenvalue weighted by molar-refractivity contribution is 0.691. The molecule has 2 rings (SSSR count). The fourth-order valence-corrected chi connectivity index (χ4v) is 2.22. The van der Waals surface area contributed by atoms with Crippen molar-refractivity contribution in [3.63, 3.8) is 0 Å². The van der Waals surface area contributed by atoms with E-state index >= 15 is 0 Å². The van der Waals surface area contributed by atoms with Crippen molar-refractivity contribution < 1.29 is 0 Å². The van der Waals surface area contributed by atoms with Crippen molar-refractivity contribution in [2.24, 2.45) is 5.73 Å². The molecular weight excluding hydrogens is 266 g/mol. The van der Waals surface area contributed by atoms with E-state index in [0.717, 1.165) is 22.3 Å². The van der Waals surface area contributed by atoms with Crippen LogP contribution in [0.5, 0.6) is 0 Å². The van der Waals surface area contributed by atoms with Crippen LogP contribution in [0.4, 0.5) is 0 Å². The number of nitrogens with one attached hydrogen (secondary N) is 1. The number of rotatable bonds is 3. The van der Waals surface area contributed by atoms with Gasteiger partial charge in [-0.15, -0.1) is 0 Å². The standard InChI is InChI=1S/C12H14BrN3/c1-8-2-3-10(13)9(6-8)11(14)7-12-15-4-5-16-12/h2-6,11H,7,14H2,1H3,(H,15,16). The Labute approximate surface area is 103 Å². The summed E-state index contributed by atoms with van der Waals surface area (Å²) in [4.78, 5) is 7.25. The van der Waals surface area contributed by atoms with Gasteiger partial charge in [0.2, 0.25) is 0 Å². The largest absolute Gasteiger partial charge is 0.349 e. The average molecular weight is 280 g/mol. The summed E-state index contributed by atoms with van der Waals surface area (Å²) >= 11 is 3.52. The second-order valence-electron chi connectivity index (χ2n) is 3.87. The number of benzene rings is 1. The van der Waals surface area contributed by atoms with Gasteiger partial charge in [0.15, 0.2) is 0 Å². The summed E-state index contributed by atoms with van der Waals surface area (Å²) in [6.07, 6.45) is 4.27. The van der Waals surface area contributed by atoms with E-state index < -0.39 is 0 Å². The molecule has 0 saturated carbocycles. The van der Waals surface area contributed by atoms with E-state index in [1.54, 1.807) is 6.20 Å². The van der Waals surface area contributed by atoms with Crippen molar-refractivity contribution in [2.75, 3.05) is 0 Å². The van der Waals surface area contributed by atoms with Crippen molar-refractivity contribution in [1.29, 1.82) is 0 Å². The number of aryl methyl sites for hydroxylation is 1. The third kappa shape index (κ3) is 2.51. The van der Waals surface area contributed by atoms with Crippen LogP contribution in [-0.2, 0) is 6.42 Å². The third-order valence-corrected chi connectivity index (χ3v) is 3.24. The van der Waals surface area contributed by atoms with Gasteiger partial charge in [0.25, 0.3) is 0 Å². The fourth-order valence-electron chi connectivity index (χ4n) is 1.68. The van der Waals surface area contributed by atoms with E-state index in [2.05, 4.69) is 45.0 Å². The number of aromatic amines is 1. The van der Waals surface area contributed by atoms with Crippen LogP contribution < -0.4 is 5.73 Å². The normalized spacial score (nSPS) is 12.7. The smallest absolute Gasteiger partial charge is 0.107 e. The predicted molar refractivity (Wildman–Crippen MR) is 68.1 cm³/mol. The maximum absolute atomic E-state index is 6.17. The summed E-state index contributed by atoms with van der Waals surface area (Å²) in [5, 5.41) is 0. The van der Waals surface area contributed by atoms with Crippen molar-refractivity contribution in [2.45, 2.75) is 19.4 Å². The highest BCUT2D eigenvalue weighted by atomic mass is 79.9. The number of nitrogens with zero attached hydrogens (tertiary/aromatic N) is 1. The van der Waals surface area contributed by atoms with Crippen LogP contribution in [0.1, 0.15) is 23.0 Å². The maximum Gasteiger partial charge on any atom is 0.107 e. The maximum atomic E-state index is 6.17. The molecule has 0 aliphatic rings. The highest BCUT2D eigenvalue weighted by Crippen LogP contribution is 2.24. The molecular formula is C12H14BrN3. The Bertz CT molecular complexity index is 465. The Balaban J connectivity index is 2.20. The molecule has 1 aromatic carbocycles. The Morgan fingerprint density at radius 3 is 3.00 bits per heavy atom. The quantitative estimate of drug-likeness (QED) is 0.908. The number of halogens is 1. The first kappa shape index (κ1) is 11.4. The number of aromatic nitrogens is 2. The summed E-state index contributed by atoms with van der Waals surface area (Å²) in [7, 11) is 0. The number of imidazole rings is 1. The van der Waals surface area contributed by atoms with Crippen LogP contribution in [-0.4, -0.2) is 9.97 Å². The summed E-state index contributed by atoms with van der Waals surface area (Å²) in [5.41, 5.74) is 8.50. The monoisotopic (exact) mass is 279 g/mol. The zero-order valence-electron chi connectivity index (χ0n) is 9.07. The summed E-state index contributed by atoms with van der Waals surface area (Å²) in [5.74, 6) is 0.918.